The van der Waals surface area contributed by atoms with Crippen molar-refractivity contribution in [3.8, 4) is 0 Å². The number of hydrogen-bond donors (Lipinski definition) is 1. The second-order valence-electron chi connectivity index (χ2n) is 5.39. The zero-order valence-corrected chi connectivity index (χ0v) is 12.2. The number of likely N-dealkylation sites (tertiary alicyclic amines) is 1. The maximum Gasteiger partial charge on any atom is 0.0471 e. The molecule has 2 nitrogen and oxygen atoms in total. The quantitative estimate of drug-likeness (QED) is 0.854. The van der Waals surface area contributed by atoms with Gasteiger partial charge in [0.05, 0.1) is 0 Å². The van der Waals surface area contributed by atoms with Gasteiger partial charge < -0.3 is 5.73 Å². The molecule has 1 heterocycles. The van der Waals surface area contributed by atoms with Crippen molar-refractivity contribution in [2.24, 2.45) is 0 Å². The molecule has 1 aliphatic rings. The lowest BCUT2D eigenvalue weighted by Gasteiger charge is -2.25. The summed E-state index contributed by atoms with van der Waals surface area (Å²) >= 11 is 6.30. The van der Waals surface area contributed by atoms with Gasteiger partial charge in [-0.2, -0.15) is 0 Å². The van der Waals surface area contributed by atoms with Crippen LogP contribution in [-0.4, -0.2) is 11.4 Å². The third-order valence-corrected chi connectivity index (χ3v) is 4.35. The zero-order chi connectivity index (χ0) is 13.9. The van der Waals surface area contributed by atoms with Gasteiger partial charge in [-0.1, -0.05) is 48.0 Å². The van der Waals surface area contributed by atoms with E-state index in [0.29, 0.717) is 6.04 Å². The van der Waals surface area contributed by atoms with Crippen molar-refractivity contribution in [2.45, 2.75) is 25.4 Å². The van der Waals surface area contributed by atoms with Gasteiger partial charge in [-0.15, -0.1) is 0 Å². The Bertz CT molecular complexity index is 583. The molecule has 0 aliphatic carbocycles. The smallest absolute Gasteiger partial charge is 0.0471 e. The van der Waals surface area contributed by atoms with E-state index in [1.54, 1.807) is 0 Å². The Balaban J connectivity index is 1.79. The van der Waals surface area contributed by atoms with Crippen molar-refractivity contribution in [1.82, 2.24) is 4.90 Å². The molecule has 2 N–H and O–H groups in total. The van der Waals surface area contributed by atoms with Crippen molar-refractivity contribution in [1.29, 1.82) is 0 Å². The molecule has 0 bridgehead atoms. The maximum absolute atomic E-state index is 6.30. The van der Waals surface area contributed by atoms with E-state index in [4.69, 9.17) is 17.3 Å². The number of nitrogens with zero attached hydrogens (tertiary/aromatic N) is 1. The molecule has 104 valence electrons. The Morgan fingerprint density at radius 3 is 2.70 bits per heavy atom. The van der Waals surface area contributed by atoms with Crippen LogP contribution in [0.3, 0.4) is 0 Å². The SMILES string of the molecule is Nc1ccc(CN2CCCC2c2ccccc2)c(Cl)c1. The van der Waals surface area contributed by atoms with E-state index < -0.39 is 0 Å². The summed E-state index contributed by atoms with van der Waals surface area (Å²) in [5, 5.41) is 0.767. The summed E-state index contributed by atoms with van der Waals surface area (Å²) < 4.78 is 0. The first-order valence-corrected chi connectivity index (χ1v) is 7.45. The number of halogens is 1. The fourth-order valence-corrected chi connectivity index (χ4v) is 3.23. The van der Waals surface area contributed by atoms with Gasteiger partial charge in [0.2, 0.25) is 0 Å². The van der Waals surface area contributed by atoms with Crippen LogP contribution in [0.4, 0.5) is 5.69 Å². The molecule has 0 spiro atoms. The average molecular weight is 287 g/mol. The van der Waals surface area contributed by atoms with Gasteiger partial charge in [0.1, 0.15) is 0 Å². The first-order chi connectivity index (χ1) is 9.74. The van der Waals surface area contributed by atoms with Gasteiger partial charge in [0.25, 0.3) is 0 Å². The van der Waals surface area contributed by atoms with E-state index in [0.717, 1.165) is 29.4 Å². The summed E-state index contributed by atoms with van der Waals surface area (Å²) in [5.74, 6) is 0. The zero-order valence-electron chi connectivity index (χ0n) is 11.4. The standard InChI is InChI=1S/C17H19ClN2/c18-16-11-15(19)9-8-14(16)12-20-10-4-7-17(20)13-5-2-1-3-6-13/h1-3,5-6,8-9,11,17H,4,7,10,12,19H2. The monoisotopic (exact) mass is 286 g/mol. The topological polar surface area (TPSA) is 29.3 Å². The molecular weight excluding hydrogens is 268 g/mol. The molecule has 0 amide bonds. The Morgan fingerprint density at radius 1 is 1.15 bits per heavy atom. The highest BCUT2D eigenvalue weighted by atomic mass is 35.5. The summed E-state index contributed by atoms with van der Waals surface area (Å²) in [6, 6.07) is 17.0. The Labute approximate surface area is 125 Å². The van der Waals surface area contributed by atoms with E-state index in [-0.39, 0.29) is 0 Å². The minimum absolute atomic E-state index is 0.504. The van der Waals surface area contributed by atoms with Crippen molar-refractivity contribution in [3.63, 3.8) is 0 Å². The van der Waals surface area contributed by atoms with Crippen molar-refractivity contribution in [3.05, 3.63) is 64.7 Å². The third-order valence-electron chi connectivity index (χ3n) is 4.00. The fourth-order valence-electron chi connectivity index (χ4n) is 2.98. The number of hydrogen-bond acceptors (Lipinski definition) is 2. The molecule has 3 rings (SSSR count). The van der Waals surface area contributed by atoms with Gasteiger partial charge in [0.15, 0.2) is 0 Å². The molecule has 1 atom stereocenters. The largest absolute Gasteiger partial charge is 0.399 e. The van der Waals surface area contributed by atoms with Gasteiger partial charge in [-0.25, -0.2) is 0 Å². The second-order valence-corrected chi connectivity index (χ2v) is 5.80. The lowest BCUT2D eigenvalue weighted by atomic mass is 10.0. The highest BCUT2D eigenvalue weighted by Crippen LogP contribution is 2.34. The minimum Gasteiger partial charge on any atom is -0.399 e. The number of anilines is 1. The number of rotatable bonds is 3. The summed E-state index contributed by atoms with van der Waals surface area (Å²) in [5.41, 5.74) is 9.03. The molecule has 20 heavy (non-hydrogen) atoms. The van der Waals surface area contributed by atoms with E-state index in [1.807, 2.05) is 18.2 Å². The summed E-state index contributed by atoms with van der Waals surface area (Å²) in [6.07, 6.45) is 2.46. The lowest BCUT2D eigenvalue weighted by Crippen LogP contribution is -2.22. The fraction of sp³-hybridized carbons (Fsp3) is 0.294. The lowest BCUT2D eigenvalue weighted by molar-refractivity contribution is 0.248. The van der Waals surface area contributed by atoms with Crippen LogP contribution in [0.2, 0.25) is 5.02 Å². The predicted molar refractivity (Wildman–Crippen MR) is 84.7 cm³/mol. The molecule has 1 saturated heterocycles. The van der Waals surface area contributed by atoms with Gasteiger partial charge in [-0.3, -0.25) is 4.90 Å². The first-order valence-electron chi connectivity index (χ1n) is 7.07. The number of benzene rings is 2. The van der Waals surface area contributed by atoms with E-state index in [9.17, 15) is 0 Å². The molecule has 2 aromatic rings. The summed E-state index contributed by atoms with van der Waals surface area (Å²) in [4.78, 5) is 2.51. The van der Waals surface area contributed by atoms with Gasteiger partial charge in [-0.05, 0) is 42.6 Å². The second kappa shape index (κ2) is 5.86. The molecule has 0 aromatic heterocycles. The summed E-state index contributed by atoms with van der Waals surface area (Å²) in [6.45, 7) is 2.01. The molecule has 1 fully saturated rings. The molecule has 2 aromatic carbocycles. The molecular formula is C17H19ClN2. The van der Waals surface area contributed by atoms with Crippen molar-refractivity contribution < 1.29 is 0 Å². The van der Waals surface area contributed by atoms with Crippen LogP contribution >= 0.6 is 11.6 Å². The summed E-state index contributed by atoms with van der Waals surface area (Å²) in [7, 11) is 0. The van der Waals surface area contributed by atoms with Crippen LogP contribution in [0.5, 0.6) is 0 Å². The van der Waals surface area contributed by atoms with E-state index in [1.165, 1.54) is 18.4 Å². The number of nitrogen functional groups attached to an aromatic ring is 1. The Hall–Kier alpha value is -1.51. The molecule has 3 heteroatoms. The third kappa shape index (κ3) is 2.82. The van der Waals surface area contributed by atoms with Crippen LogP contribution in [0.25, 0.3) is 0 Å². The molecule has 0 radical (unpaired) electrons. The Kier molecular flexibility index (Phi) is 3.95. The van der Waals surface area contributed by atoms with E-state index >= 15 is 0 Å². The van der Waals surface area contributed by atoms with Crippen LogP contribution in [-0.2, 0) is 6.54 Å². The minimum atomic E-state index is 0.504. The first kappa shape index (κ1) is 13.5. The van der Waals surface area contributed by atoms with Crippen molar-refractivity contribution >= 4 is 17.3 Å². The highest BCUT2D eigenvalue weighted by molar-refractivity contribution is 6.31. The predicted octanol–water partition coefficient (Wildman–Crippen LogP) is 4.26. The highest BCUT2D eigenvalue weighted by Gasteiger charge is 2.26. The van der Waals surface area contributed by atoms with Crippen LogP contribution in [0.15, 0.2) is 48.5 Å². The van der Waals surface area contributed by atoms with Gasteiger partial charge in [0, 0.05) is 23.3 Å². The average Bonchev–Trinajstić information content (AvgIpc) is 2.91. The molecule has 1 aliphatic heterocycles. The number of nitrogens with two attached hydrogens (primary N) is 1. The maximum atomic E-state index is 6.30. The normalized spacial score (nSPS) is 19.4. The van der Waals surface area contributed by atoms with Crippen LogP contribution < -0.4 is 5.73 Å². The van der Waals surface area contributed by atoms with Crippen LogP contribution in [0, 0.1) is 0 Å². The van der Waals surface area contributed by atoms with Crippen LogP contribution in [0.1, 0.15) is 30.0 Å². The van der Waals surface area contributed by atoms with Crippen molar-refractivity contribution in [2.75, 3.05) is 12.3 Å². The Morgan fingerprint density at radius 2 is 1.95 bits per heavy atom. The molecule has 1 unspecified atom stereocenters. The van der Waals surface area contributed by atoms with Gasteiger partial charge >= 0.3 is 0 Å². The van der Waals surface area contributed by atoms with E-state index in [2.05, 4.69) is 35.2 Å². The molecule has 0 saturated carbocycles.